The molecular formula is C10H12ClF2NO2. The zero-order chi connectivity index (χ0) is 11.4. The molecule has 0 aliphatic heterocycles. The smallest absolute Gasteiger partial charge is 0.308 e. The van der Waals surface area contributed by atoms with Crippen molar-refractivity contribution in [1.29, 1.82) is 0 Å². The quantitative estimate of drug-likeness (QED) is 0.854. The predicted octanol–water partition coefficient (Wildman–Crippen LogP) is 1.59. The lowest BCUT2D eigenvalue weighted by Gasteiger charge is -2.09. The molecule has 90 valence electrons. The molecule has 1 rings (SSSR count). The molecule has 0 heterocycles. The first-order valence-corrected chi connectivity index (χ1v) is 4.41. The lowest BCUT2D eigenvalue weighted by atomic mass is 9.99. The Bertz CT molecular complexity index is 374. The van der Waals surface area contributed by atoms with Gasteiger partial charge in [-0.1, -0.05) is 6.07 Å². The van der Waals surface area contributed by atoms with Crippen LogP contribution in [0.5, 0.6) is 0 Å². The van der Waals surface area contributed by atoms with Crippen LogP contribution in [-0.4, -0.2) is 17.6 Å². The van der Waals surface area contributed by atoms with Gasteiger partial charge >= 0.3 is 5.97 Å². The Morgan fingerprint density at radius 2 is 2.06 bits per heavy atom. The molecular weight excluding hydrogens is 240 g/mol. The highest BCUT2D eigenvalue weighted by Gasteiger charge is 2.17. The fourth-order valence-electron chi connectivity index (χ4n) is 1.22. The number of benzene rings is 1. The van der Waals surface area contributed by atoms with Crippen LogP contribution in [0.15, 0.2) is 18.2 Å². The van der Waals surface area contributed by atoms with Gasteiger partial charge in [-0.3, -0.25) is 4.79 Å². The van der Waals surface area contributed by atoms with Gasteiger partial charge in [-0.15, -0.1) is 12.4 Å². The van der Waals surface area contributed by atoms with Crippen molar-refractivity contribution in [2.45, 2.75) is 6.42 Å². The molecule has 3 nitrogen and oxygen atoms in total. The van der Waals surface area contributed by atoms with Gasteiger partial charge in [-0.25, -0.2) is 8.78 Å². The molecule has 16 heavy (non-hydrogen) atoms. The first kappa shape index (κ1) is 14.8. The van der Waals surface area contributed by atoms with Crippen LogP contribution in [0.25, 0.3) is 0 Å². The number of carboxylic acid groups (broad SMARTS) is 1. The van der Waals surface area contributed by atoms with Crippen molar-refractivity contribution in [3.8, 4) is 0 Å². The van der Waals surface area contributed by atoms with Gasteiger partial charge in [0.15, 0.2) is 0 Å². The van der Waals surface area contributed by atoms with Crippen molar-refractivity contribution >= 4 is 18.4 Å². The van der Waals surface area contributed by atoms with E-state index in [1.807, 2.05) is 0 Å². The molecule has 0 spiro atoms. The maximum Gasteiger partial charge on any atom is 0.308 e. The largest absolute Gasteiger partial charge is 0.481 e. The number of carboxylic acids is 1. The summed E-state index contributed by atoms with van der Waals surface area (Å²) >= 11 is 0. The third-order valence-corrected chi connectivity index (χ3v) is 2.12. The van der Waals surface area contributed by atoms with Crippen LogP contribution >= 0.6 is 12.4 Å². The predicted molar refractivity (Wildman–Crippen MR) is 57.5 cm³/mol. The minimum absolute atomic E-state index is 0. The normalized spacial score (nSPS) is 11.7. The molecule has 0 radical (unpaired) electrons. The van der Waals surface area contributed by atoms with Crippen LogP contribution in [0, 0.1) is 17.6 Å². The number of carbonyl (C=O) groups is 1. The Morgan fingerprint density at radius 1 is 1.44 bits per heavy atom. The Balaban J connectivity index is 0.00000225. The molecule has 0 fully saturated rings. The Hall–Kier alpha value is -1.20. The Morgan fingerprint density at radius 3 is 2.50 bits per heavy atom. The van der Waals surface area contributed by atoms with E-state index in [-0.39, 0.29) is 30.9 Å². The second-order valence-electron chi connectivity index (χ2n) is 3.21. The van der Waals surface area contributed by atoms with Crippen molar-refractivity contribution in [1.82, 2.24) is 0 Å². The second-order valence-corrected chi connectivity index (χ2v) is 3.21. The maximum atomic E-state index is 13.1. The summed E-state index contributed by atoms with van der Waals surface area (Å²) in [6.07, 6.45) is -0.0298. The van der Waals surface area contributed by atoms with Crippen LogP contribution in [0.4, 0.5) is 8.78 Å². The SMILES string of the molecule is Cl.NC[C@@H](Cc1ccc(F)cc1F)C(=O)O. The van der Waals surface area contributed by atoms with Crippen molar-refractivity contribution < 1.29 is 18.7 Å². The fraction of sp³-hybridized carbons (Fsp3) is 0.300. The molecule has 0 aliphatic rings. The first-order chi connectivity index (χ1) is 7.04. The van der Waals surface area contributed by atoms with E-state index in [1.54, 1.807) is 0 Å². The standard InChI is InChI=1S/C10H11F2NO2.ClH/c11-8-2-1-6(9(12)4-8)3-7(5-13)10(14)15;/h1-2,4,7H,3,5,13H2,(H,14,15);1H/t7-;/m1./s1. The number of hydrogen-bond donors (Lipinski definition) is 2. The van der Waals surface area contributed by atoms with Gasteiger partial charge in [0.2, 0.25) is 0 Å². The van der Waals surface area contributed by atoms with Crippen molar-refractivity contribution in [2.24, 2.45) is 11.7 Å². The average molecular weight is 252 g/mol. The number of halogens is 3. The van der Waals surface area contributed by atoms with E-state index >= 15 is 0 Å². The summed E-state index contributed by atoms with van der Waals surface area (Å²) < 4.78 is 25.7. The van der Waals surface area contributed by atoms with Crippen molar-refractivity contribution in [2.75, 3.05) is 6.54 Å². The highest BCUT2D eigenvalue weighted by molar-refractivity contribution is 5.85. The van der Waals surface area contributed by atoms with Crippen molar-refractivity contribution in [3.05, 3.63) is 35.4 Å². The van der Waals surface area contributed by atoms with Gasteiger partial charge in [-0.05, 0) is 18.1 Å². The van der Waals surface area contributed by atoms with Crippen LogP contribution in [0.1, 0.15) is 5.56 Å². The van der Waals surface area contributed by atoms with Gasteiger partial charge in [0.05, 0.1) is 5.92 Å². The molecule has 0 bridgehead atoms. The van der Waals surface area contributed by atoms with E-state index in [4.69, 9.17) is 10.8 Å². The highest BCUT2D eigenvalue weighted by Crippen LogP contribution is 2.14. The Labute approximate surface area is 97.7 Å². The summed E-state index contributed by atoms with van der Waals surface area (Å²) in [5.74, 6) is -3.35. The highest BCUT2D eigenvalue weighted by atomic mass is 35.5. The molecule has 1 atom stereocenters. The van der Waals surface area contributed by atoms with Crippen LogP contribution in [-0.2, 0) is 11.2 Å². The van der Waals surface area contributed by atoms with Crippen LogP contribution < -0.4 is 5.73 Å². The number of aliphatic carboxylic acids is 1. The third kappa shape index (κ3) is 3.75. The summed E-state index contributed by atoms with van der Waals surface area (Å²) in [5, 5.41) is 8.70. The van der Waals surface area contributed by atoms with E-state index < -0.39 is 23.5 Å². The summed E-state index contributed by atoms with van der Waals surface area (Å²) in [6.45, 7) is -0.0772. The number of rotatable bonds is 4. The lowest BCUT2D eigenvalue weighted by Crippen LogP contribution is -2.25. The van der Waals surface area contributed by atoms with Gasteiger partial charge in [0, 0.05) is 12.6 Å². The molecule has 1 aromatic rings. The third-order valence-electron chi connectivity index (χ3n) is 2.12. The number of hydrogen-bond acceptors (Lipinski definition) is 2. The molecule has 0 saturated heterocycles. The van der Waals surface area contributed by atoms with Gasteiger partial charge in [0.25, 0.3) is 0 Å². The minimum atomic E-state index is -1.08. The molecule has 3 N–H and O–H groups in total. The van der Waals surface area contributed by atoms with E-state index in [2.05, 4.69) is 0 Å². The fourth-order valence-corrected chi connectivity index (χ4v) is 1.22. The zero-order valence-corrected chi connectivity index (χ0v) is 9.14. The number of nitrogens with two attached hydrogens (primary N) is 1. The summed E-state index contributed by atoms with van der Waals surface area (Å²) in [7, 11) is 0. The van der Waals surface area contributed by atoms with E-state index in [0.29, 0.717) is 0 Å². The van der Waals surface area contributed by atoms with Crippen LogP contribution in [0.2, 0.25) is 0 Å². The summed E-state index contributed by atoms with van der Waals surface area (Å²) in [4.78, 5) is 10.6. The zero-order valence-electron chi connectivity index (χ0n) is 8.32. The molecule has 0 aliphatic carbocycles. The lowest BCUT2D eigenvalue weighted by molar-refractivity contribution is -0.141. The molecule has 0 unspecified atom stereocenters. The molecule has 6 heteroatoms. The van der Waals surface area contributed by atoms with Crippen molar-refractivity contribution in [3.63, 3.8) is 0 Å². The average Bonchev–Trinajstić information content (AvgIpc) is 2.16. The Kier molecular flexibility index (Phi) is 5.92. The first-order valence-electron chi connectivity index (χ1n) is 4.41. The second kappa shape index (κ2) is 6.40. The minimum Gasteiger partial charge on any atom is -0.481 e. The van der Waals surface area contributed by atoms with Crippen LogP contribution in [0.3, 0.4) is 0 Å². The maximum absolute atomic E-state index is 13.1. The monoisotopic (exact) mass is 251 g/mol. The molecule has 1 aromatic carbocycles. The van der Waals surface area contributed by atoms with E-state index in [0.717, 1.165) is 12.1 Å². The topological polar surface area (TPSA) is 63.3 Å². The molecule has 0 amide bonds. The van der Waals surface area contributed by atoms with Gasteiger partial charge in [0.1, 0.15) is 11.6 Å². The molecule has 0 aromatic heterocycles. The van der Waals surface area contributed by atoms with E-state index in [1.165, 1.54) is 6.07 Å². The van der Waals surface area contributed by atoms with Gasteiger partial charge < -0.3 is 10.8 Å². The summed E-state index contributed by atoms with van der Waals surface area (Å²) in [6, 6.07) is 3.05. The van der Waals surface area contributed by atoms with E-state index in [9.17, 15) is 13.6 Å². The molecule has 0 saturated carbocycles. The summed E-state index contributed by atoms with van der Waals surface area (Å²) in [5.41, 5.74) is 5.39. The van der Waals surface area contributed by atoms with Gasteiger partial charge in [-0.2, -0.15) is 0 Å².